The lowest BCUT2D eigenvalue weighted by Gasteiger charge is -2.39. The van der Waals surface area contributed by atoms with Gasteiger partial charge < -0.3 is 14.2 Å². The van der Waals surface area contributed by atoms with E-state index in [1.54, 1.807) is 11.9 Å². The van der Waals surface area contributed by atoms with Gasteiger partial charge in [-0.15, -0.1) is 0 Å². The normalized spacial score (nSPS) is 22.7. The standard InChI is InChI=1S/C34H46N6O3S/c1-22-24-19-39-28-18-25(38(6)33(42)40(36-34(2,3)35-22)44-30(41)20-37(4)5)16-17-26(28)31(23-12-8-7-9-13-23)32(39)27-14-10-11-15-29(27)43-21-24/h10-11,14-18,22-24,35-36H,7-9,12-13,19-21H2,1-6H3/t22?,24-/m0/s1. The molecule has 2 aromatic carbocycles. The molecule has 4 bridgehead atoms. The molecule has 3 aromatic rings. The molecular formula is C34H46N6O3S. The van der Waals surface area contributed by atoms with Crippen molar-refractivity contribution in [1.29, 1.82) is 0 Å². The Hall–Kier alpha value is -3.05. The summed E-state index contributed by atoms with van der Waals surface area (Å²) in [6.45, 7) is 7.73. The van der Waals surface area contributed by atoms with Gasteiger partial charge in [-0.3, -0.25) is 15.0 Å². The first kappa shape index (κ1) is 31.0. The fourth-order valence-electron chi connectivity index (χ4n) is 7.15. The van der Waals surface area contributed by atoms with Gasteiger partial charge in [0.25, 0.3) is 0 Å². The Balaban J connectivity index is 1.55. The molecule has 2 aliphatic heterocycles. The largest absolute Gasteiger partial charge is 0.492 e. The summed E-state index contributed by atoms with van der Waals surface area (Å²) >= 11 is 0.901. The van der Waals surface area contributed by atoms with Crippen molar-refractivity contribution in [2.24, 2.45) is 5.92 Å². The number of hydrogen-bond donors (Lipinski definition) is 2. The van der Waals surface area contributed by atoms with Crippen molar-refractivity contribution in [3.05, 3.63) is 48.0 Å². The number of hydrogen-bond acceptors (Lipinski definition) is 7. The van der Waals surface area contributed by atoms with E-state index >= 15 is 0 Å². The summed E-state index contributed by atoms with van der Waals surface area (Å²) in [6.07, 6.45) is 6.15. The van der Waals surface area contributed by atoms with E-state index in [9.17, 15) is 9.59 Å². The van der Waals surface area contributed by atoms with Crippen LogP contribution in [-0.2, 0) is 11.3 Å². The van der Waals surface area contributed by atoms with Gasteiger partial charge >= 0.3 is 6.03 Å². The maximum absolute atomic E-state index is 14.1. The predicted molar refractivity (Wildman–Crippen MR) is 179 cm³/mol. The third-order valence-electron chi connectivity index (χ3n) is 9.28. The van der Waals surface area contributed by atoms with E-state index in [1.165, 1.54) is 53.2 Å². The molecule has 10 heteroatoms. The topological polar surface area (TPSA) is 82.1 Å². The first-order valence-electron chi connectivity index (χ1n) is 15.9. The molecule has 0 saturated heterocycles. The lowest BCUT2D eigenvalue weighted by Crippen LogP contribution is -2.63. The Morgan fingerprint density at radius 3 is 2.61 bits per heavy atom. The molecule has 9 nitrogen and oxygen atoms in total. The number of carbonyl (C=O) groups is 2. The number of anilines is 1. The molecule has 2 atom stereocenters. The number of aromatic nitrogens is 1. The van der Waals surface area contributed by atoms with Crippen LogP contribution in [0.2, 0.25) is 0 Å². The number of hydrazine groups is 1. The van der Waals surface area contributed by atoms with Gasteiger partial charge in [0.2, 0.25) is 5.12 Å². The second kappa shape index (κ2) is 12.4. The van der Waals surface area contributed by atoms with Gasteiger partial charge in [-0.1, -0.05) is 37.5 Å². The van der Waals surface area contributed by atoms with E-state index < -0.39 is 5.66 Å². The number of carbonyl (C=O) groups excluding carboxylic acids is 2. The monoisotopic (exact) mass is 618 g/mol. The number of rotatable bonds is 4. The third kappa shape index (κ3) is 6.09. The van der Waals surface area contributed by atoms with E-state index in [-0.39, 0.29) is 29.7 Å². The highest BCUT2D eigenvalue weighted by molar-refractivity contribution is 8.12. The van der Waals surface area contributed by atoms with Crippen LogP contribution in [0, 0.1) is 5.92 Å². The molecule has 3 aliphatic rings. The molecule has 236 valence electrons. The highest BCUT2D eigenvalue weighted by Gasteiger charge is 2.36. The molecule has 44 heavy (non-hydrogen) atoms. The van der Waals surface area contributed by atoms with Crippen LogP contribution in [0.5, 0.6) is 5.75 Å². The van der Waals surface area contributed by atoms with Crippen LogP contribution in [0.25, 0.3) is 22.2 Å². The van der Waals surface area contributed by atoms with E-state index in [4.69, 9.17) is 4.74 Å². The lowest BCUT2D eigenvalue weighted by atomic mass is 9.81. The van der Waals surface area contributed by atoms with Crippen molar-refractivity contribution < 1.29 is 14.3 Å². The zero-order valence-electron chi connectivity index (χ0n) is 26.9. The lowest BCUT2D eigenvalue weighted by molar-refractivity contribution is -0.111. The molecule has 1 unspecified atom stereocenters. The number of nitrogens with zero attached hydrogens (tertiary/aromatic N) is 4. The van der Waals surface area contributed by atoms with E-state index in [1.807, 2.05) is 32.8 Å². The summed E-state index contributed by atoms with van der Waals surface area (Å²) in [6, 6.07) is 14.6. The van der Waals surface area contributed by atoms with E-state index in [0.29, 0.717) is 12.5 Å². The van der Waals surface area contributed by atoms with Crippen molar-refractivity contribution >= 4 is 39.7 Å². The molecule has 1 aromatic heterocycles. The number of ether oxygens (including phenoxy) is 1. The third-order valence-corrected chi connectivity index (χ3v) is 10.0. The Morgan fingerprint density at radius 1 is 1.11 bits per heavy atom. The van der Waals surface area contributed by atoms with Crippen molar-refractivity contribution in [3.63, 3.8) is 0 Å². The van der Waals surface area contributed by atoms with Crippen molar-refractivity contribution in [1.82, 2.24) is 24.6 Å². The average molecular weight is 619 g/mol. The molecule has 1 fully saturated rings. The average Bonchev–Trinajstić information content (AvgIpc) is 3.28. The second-order valence-electron chi connectivity index (χ2n) is 13.5. The minimum Gasteiger partial charge on any atom is -0.492 e. The quantitative estimate of drug-likeness (QED) is 0.338. The van der Waals surface area contributed by atoms with Crippen molar-refractivity contribution in [3.8, 4) is 17.0 Å². The molecular weight excluding hydrogens is 572 g/mol. The van der Waals surface area contributed by atoms with Crippen LogP contribution >= 0.6 is 11.9 Å². The zero-order chi connectivity index (χ0) is 31.2. The number of nitrogens with one attached hydrogen (secondary N) is 2. The number of para-hydroxylation sites is 1. The Morgan fingerprint density at radius 2 is 1.86 bits per heavy atom. The second-order valence-corrected chi connectivity index (χ2v) is 14.5. The Bertz CT molecular complexity index is 1550. The molecule has 0 radical (unpaired) electrons. The minimum absolute atomic E-state index is 0.0206. The van der Waals surface area contributed by atoms with Gasteiger partial charge in [0.05, 0.1) is 30.0 Å². The maximum Gasteiger partial charge on any atom is 0.349 e. The van der Waals surface area contributed by atoms with Gasteiger partial charge in [-0.05, 0) is 83.5 Å². The first-order chi connectivity index (χ1) is 21.0. The van der Waals surface area contributed by atoms with Crippen LogP contribution < -0.4 is 20.4 Å². The smallest absolute Gasteiger partial charge is 0.349 e. The molecule has 0 spiro atoms. The van der Waals surface area contributed by atoms with Crippen LogP contribution in [0.15, 0.2) is 42.5 Å². The number of urea groups is 1. The van der Waals surface area contributed by atoms with Crippen LogP contribution in [0.1, 0.15) is 64.4 Å². The number of likely N-dealkylation sites (N-methyl/N-ethyl adjacent to an activating group) is 1. The van der Waals surface area contributed by atoms with Crippen LogP contribution in [0.3, 0.4) is 0 Å². The predicted octanol–water partition coefficient (Wildman–Crippen LogP) is 6.19. The van der Waals surface area contributed by atoms with Gasteiger partial charge in [0, 0.05) is 54.1 Å². The summed E-state index contributed by atoms with van der Waals surface area (Å²) in [5.41, 5.74) is 8.35. The van der Waals surface area contributed by atoms with Gasteiger partial charge in [-0.2, -0.15) is 9.84 Å². The summed E-state index contributed by atoms with van der Waals surface area (Å²) < 4.78 is 10.5. The summed E-state index contributed by atoms with van der Waals surface area (Å²) in [4.78, 5) is 30.5. The van der Waals surface area contributed by atoms with Crippen LogP contribution in [0.4, 0.5) is 10.5 Å². The SMILES string of the molecule is CC1NC(C)(C)NN(SC(=O)CN(C)C)C(=O)N(C)c2ccc3c(C4CCCCC4)c4n(c3c2)C[C@H]1COc1ccccc1-4. The van der Waals surface area contributed by atoms with Gasteiger partial charge in [0.1, 0.15) is 5.75 Å². The highest BCUT2D eigenvalue weighted by Crippen LogP contribution is 2.48. The molecule has 6 rings (SSSR count). The van der Waals surface area contributed by atoms with E-state index in [2.05, 4.69) is 64.7 Å². The molecule has 2 N–H and O–H groups in total. The molecule has 1 aliphatic carbocycles. The number of fused-ring (bicyclic) bond motifs is 4. The first-order valence-corrected chi connectivity index (χ1v) is 16.7. The van der Waals surface area contributed by atoms with Gasteiger partial charge in [-0.25, -0.2) is 4.79 Å². The van der Waals surface area contributed by atoms with Crippen molar-refractivity contribution in [2.75, 3.05) is 39.2 Å². The fourth-order valence-corrected chi connectivity index (χ4v) is 8.14. The summed E-state index contributed by atoms with van der Waals surface area (Å²) in [7, 11) is 5.48. The van der Waals surface area contributed by atoms with Crippen molar-refractivity contribution in [2.45, 2.75) is 77.0 Å². The number of benzene rings is 2. The van der Waals surface area contributed by atoms with E-state index in [0.717, 1.165) is 41.0 Å². The minimum atomic E-state index is -0.712. The Labute approximate surface area is 265 Å². The molecule has 2 amide bonds. The molecule has 1 saturated carbocycles. The molecule has 3 heterocycles. The summed E-state index contributed by atoms with van der Waals surface area (Å²) in [5, 5.41) is 4.87. The Kier molecular flexibility index (Phi) is 8.71. The zero-order valence-corrected chi connectivity index (χ0v) is 27.7. The number of amides is 2. The maximum atomic E-state index is 14.1. The van der Waals surface area contributed by atoms with Gasteiger partial charge in [0.15, 0.2) is 0 Å². The highest BCUT2D eigenvalue weighted by atomic mass is 32.2. The summed E-state index contributed by atoms with van der Waals surface area (Å²) in [5.74, 6) is 1.53. The fraction of sp³-hybridized carbons (Fsp3) is 0.529. The van der Waals surface area contributed by atoms with Crippen LogP contribution in [-0.4, -0.2) is 71.0 Å².